The van der Waals surface area contributed by atoms with Crippen molar-refractivity contribution < 1.29 is 13.6 Å². The van der Waals surface area contributed by atoms with Gasteiger partial charge in [0, 0.05) is 17.3 Å². The predicted molar refractivity (Wildman–Crippen MR) is 160 cm³/mol. The van der Waals surface area contributed by atoms with E-state index in [1.165, 1.54) is 23.0 Å². The molecule has 0 N–H and O–H groups in total. The summed E-state index contributed by atoms with van der Waals surface area (Å²) in [6, 6.07) is 0. The van der Waals surface area contributed by atoms with Gasteiger partial charge in [0.25, 0.3) is 0 Å². The standard InChI is InChI=1S/C31H58O3Si2/c1-20(2)22(4)27-21(3)18-31(12)26(34-36(15,16)30(9,10)11)17-25(23(5)28(31)24(27)19-32)33-35(13,14)29(6,7)8/h18-19,23-28H,17H2,1-16H3/t23-,24+,25+,26+,27-,28-,31+/m0/s1. The van der Waals surface area contributed by atoms with Crippen molar-refractivity contribution in [2.24, 2.45) is 29.1 Å². The molecular weight excluding hydrogens is 477 g/mol. The summed E-state index contributed by atoms with van der Waals surface area (Å²) in [5, 5.41) is 0.258. The quantitative estimate of drug-likeness (QED) is 0.193. The Bertz CT molecular complexity index is 882. The SMILES string of the molecule is CC1=C[C@@]2(C)[C@@H]([C@@H](C)[C@H](O[Si](C)(C)C(C)(C)C)C[C@H]2O[Si](C)(C)C(C)(C)C)[C@H](C=O)[C@@H]1C(C)=C(C)C. The van der Waals surface area contributed by atoms with Crippen LogP contribution < -0.4 is 0 Å². The topological polar surface area (TPSA) is 35.5 Å². The third kappa shape index (κ3) is 5.74. The minimum absolute atomic E-state index is 0.0414. The van der Waals surface area contributed by atoms with Gasteiger partial charge in [0.2, 0.25) is 0 Å². The van der Waals surface area contributed by atoms with E-state index in [1.54, 1.807) is 0 Å². The first-order chi connectivity index (χ1) is 16.0. The van der Waals surface area contributed by atoms with Gasteiger partial charge in [-0.15, -0.1) is 0 Å². The maximum atomic E-state index is 13.0. The Hall–Kier alpha value is -0.496. The predicted octanol–water partition coefficient (Wildman–Crippen LogP) is 9.18. The molecule has 0 aromatic heterocycles. The van der Waals surface area contributed by atoms with Crippen LogP contribution in [-0.2, 0) is 13.6 Å². The van der Waals surface area contributed by atoms with Gasteiger partial charge < -0.3 is 13.6 Å². The molecule has 0 aromatic carbocycles. The van der Waals surface area contributed by atoms with Crippen LogP contribution >= 0.6 is 0 Å². The van der Waals surface area contributed by atoms with Crippen molar-refractivity contribution in [2.45, 2.75) is 138 Å². The molecule has 0 aromatic rings. The summed E-state index contributed by atoms with van der Waals surface area (Å²) in [6.07, 6.45) is 4.81. The second-order valence-electron chi connectivity index (χ2n) is 15.5. The highest BCUT2D eigenvalue weighted by Crippen LogP contribution is 2.59. The van der Waals surface area contributed by atoms with Crippen LogP contribution in [0.2, 0.25) is 36.3 Å². The molecule has 0 spiro atoms. The first-order valence-electron chi connectivity index (χ1n) is 14.2. The first kappa shape index (κ1) is 31.7. The first-order valence-corrected chi connectivity index (χ1v) is 20.0. The summed E-state index contributed by atoms with van der Waals surface area (Å²) in [4.78, 5) is 13.0. The Kier molecular flexibility index (Phi) is 9.02. The highest BCUT2D eigenvalue weighted by atomic mass is 28.4. The molecule has 7 atom stereocenters. The molecule has 36 heavy (non-hydrogen) atoms. The van der Waals surface area contributed by atoms with E-state index in [-0.39, 0.29) is 51.4 Å². The molecule has 1 saturated carbocycles. The molecule has 2 aliphatic carbocycles. The third-order valence-corrected chi connectivity index (χ3v) is 19.7. The van der Waals surface area contributed by atoms with E-state index in [0.717, 1.165) is 6.42 Å². The molecule has 3 nitrogen and oxygen atoms in total. The zero-order chi connectivity index (χ0) is 28.2. The summed E-state index contributed by atoms with van der Waals surface area (Å²) < 4.78 is 14.4. The Morgan fingerprint density at radius 3 is 1.86 bits per heavy atom. The Labute approximate surface area is 226 Å². The van der Waals surface area contributed by atoms with Crippen LogP contribution in [0.15, 0.2) is 22.8 Å². The molecule has 2 aliphatic rings. The van der Waals surface area contributed by atoms with E-state index < -0.39 is 16.6 Å². The summed E-state index contributed by atoms with van der Waals surface area (Å²) in [6.45, 7) is 36.9. The van der Waals surface area contributed by atoms with Gasteiger partial charge in [-0.2, -0.15) is 0 Å². The van der Waals surface area contributed by atoms with Gasteiger partial charge in [0.15, 0.2) is 16.6 Å². The smallest absolute Gasteiger partial charge is 0.192 e. The van der Waals surface area contributed by atoms with Gasteiger partial charge in [-0.05, 0) is 82.2 Å². The average Bonchev–Trinajstić information content (AvgIpc) is 2.68. The summed E-state index contributed by atoms with van der Waals surface area (Å²) in [5.41, 5.74) is 3.78. The summed E-state index contributed by atoms with van der Waals surface area (Å²) >= 11 is 0. The van der Waals surface area contributed by atoms with E-state index in [1.807, 2.05) is 0 Å². The number of carbonyl (C=O) groups is 1. The lowest BCUT2D eigenvalue weighted by Gasteiger charge is -2.60. The number of hydrogen-bond acceptors (Lipinski definition) is 3. The number of aldehydes is 1. The van der Waals surface area contributed by atoms with Crippen LogP contribution in [0.3, 0.4) is 0 Å². The van der Waals surface area contributed by atoms with E-state index >= 15 is 0 Å². The molecule has 0 aliphatic heterocycles. The molecule has 0 bridgehead atoms. The van der Waals surface area contributed by atoms with Crippen LogP contribution in [0.4, 0.5) is 0 Å². The van der Waals surface area contributed by atoms with Gasteiger partial charge in [-0.25, -0.2) is 0 Å². The van der Waals surface area contributed by atoms with Gasteiger partial charge in [0.05, 0.1) is 12.2 Å². The average molecular weight is 535 g/mol. The van der Waals surface area contributed by atoms with E-state index in [4.69, 9.17) is 8.85 Å². The lowest BCUT2D eigenvalue weighted by atomic mass is 9.50. The molecule has 0 radical (unpaired) electrons. The van der Waals surface area contributed by atoms with Crippen molar-refractivity contribution in [3.05, 3.63) is 22.8 Å². The number of allylic oxidation sites excluding steroid dienone is 3. The van der Waals surface area contributed by atoms with Crippen molar-refractivity contribution in [1.82, 2.24) is 0 Å². The van der Waals surface area contributed by atoms with Crippen molar-refractivity contribution in [2.75, 3.05) is 0 Å². The van der Waals surface area contributed by atoms with Gasteiger partial charge in [0.1, 0.15) is 6.29 Å². The Morgan fingerprint density at radius 1 is 0.972 bits per heavy atom. The summed E-state index contributed by atoms with van der Waals surface area (Å²) in [5.74, 6) is 0.543. The maximum absolute atomic E-state index is 13.0. The third-order valence-electron chi connectivity index (χ3n) is 10.7. The molecule has 208 valence electrons. The molecule has 5 heteroatoms. The number of hydrogen-bond donors (Lipinski definition) is 0. The minimum Gasteiger partial charge on any atom is -0.414 e. The van der Waals surface area contributed by atoms with Crippen molar-refractivity contribution in [1.29, 1.82) is 0 Å². The lowest BCUT2D eigenvalue weighted by molar-refractivity contribution is -0.133. The molecule has 0 heterocycles. The van der Waals surface area contributed by atoms with Crippen LogP contribution in [0, 0.1) is 29.1 Å². The van der Waals surface area contributed by atoms with Crippen molar-refractivity contribution in [3.8, 4) is 0 Å². The normalized spacial score (nSPS) is 34.1. The molecule has 2 rings (SSSR count). The number of carbonyl (C=O) groups excluding carboxylic acids is 1. The molecule has 0 unspecified atom stereocenters. The molecule has 0 saturated heterocycles. The van der Waals surface area contributed by atoms with E-state index in [0.29, 0.717) is 0 Å². The van der Waals surface area contributed by atoms with Crippen LogP contribution in [0.25, 0.3) is 0 Å². The second kappa shape index (κ2) is 10.2. The fourth-order valence-electron chi connectivity index (χ4n) is 6.26. The number of fused-ring (bicyclic) bond motifs is 1. The second-order valence-corrected chi connectivity index (χ2v) is 25.0. The fraction of sp³-hybridized carbons (Fsp3) is 0.839. The maximum Gasteiger partial charge on any atom is 0.192 e. The molecule has 1 fully saturated rings. The van der Waals surface area contributed by atoms with Crippen LogP contribution in [0.1, 0.15) is 89.5 Å². The highest BCUT2D eigenvalue weighted by molar-refractivity contribution is 6.74. The zero-order valence-electron chi connectivity index (χ0n) is 26.6. The highest BCUT2D eigenvalue weighted by Gasteiger charge is 2.59. The molecule has 0 amide bonds. The van der Waals surface area contributed by atoms with Crippen LogP contribution in [0.5, 0.6) is 0 Å². The van der Waals surface area contributed by atoms with Gasteiger partial charge in [-0.3, -0.25) is 0 Å². The monoisotopic (exact) mass is 534 g/mol. The fourth-order valence-corrected chi connectivity index (χ4v) is 9.10. The van der Waals surface area contributed by atoms with Crippen LogP contribution in [-0.4, -0.2) is 35.1 Å². The van der Waals surface area contributed by atoms with E-state index in [9.17, 15) is 4.79 Å². The van der Waals surface area contributed by atoms with Crippen molar-refractivity contribution in [3.63, 3.8) is 0 Å². The van der Waals surface area contributed by atoms with Gasteiger partial charge >= 0.3 is 0 Å². The minimum atomic E-state index is -2.04. The van der Waals surface area contributed by atoms with Gasteiger partial charge in [-0.1, -0.05) is 78.2 Å². The van der Waals surface area contributed by atoms with Crippen molar-refractivity contribution >= 4 is 22.9 Å². The Balaban J connectivity index is 2.72. The lowest BCUT2D eigenvalue weighted by Crippen LogP contribution is -2.62. The number of rotatable bonds is 6. The van der Waals surface area contributed by atoms with E-state index in [2.05, 4.69) is 115 Å². The zero-order valence-corrected chi connectivity index (χ0v) is 28.6. The summed E-state index contributed by atoms with van der Waals surface area (Å²) in [7, 11) is -4.04. The largest absolute Gasteiger partial charge is 0.414 e. The molecular formula is C31H58O3Si2. The Morgan fingerprint density at radius 2 is 1.44 bits per heavy atom.